The highest BCUT2D eigenvalue weighted by atomic mass is 32.2. The molecule has 0 saturated carbocycles. The molecule has 49 heavy (non-hydrogen) atoms. The van der Waals surface area contributed by atoms with E-state index in [9.17, 15) is 32.3 Å². The predicted octanol–water partition coefficient (Wildman–Crippen LogP) is 1.99. The number of halogens is 1. The molecule has 3 heterocycles. The number of aromatic nitrogens is 2. The Labute approximate surface area is 283 Å². The lowest BCUT2D eigenvalue weighted by molar-refractivity contribution is 0.0713. The van der Waals surface area contributed by atoms with E-state index in [1.165, 1.54) is 19.8 Å². The number of nitrogens with zero attached hydrogens (tertiary/aromatic N) is 4. The molecule has 16 heteroatoms. The number of nitrogens with one attached hydrogen (secondary N) is 2. The van der Waals surface area contributed by atoms with Gasteiger partial charge in [0, 0.05) is 64.4 Å². The number of carbonyl (C=O) groups is 2. The van der Waals surface area contributed by atoms with Gasteiger partial charge >= 0.3 is 6.09 Å². The van der Waals surface area contributed by atoms with Gasteiger partial charge in [0.1, 0.15) is 18.2 Å². The molecule has 2 aromatic carbocycles. The van der Waals surface area contributed by atoms with Gasteiger partial charge in [-0.3, -0.25) is 14.2 Å². The maximum absolute atomic E-state index is 14.4. The molecule has 1 fully saturated rings. The van der Waals surface area contributed by atoms with Crippen LogP contribution in [-0.2, 0) is 45.6 Å². The summed E-state index contributed by atoms with van der Waals surface area (Å²) < 4.78 is 55.3. The predicted molar refractivity (Wildman–Crippen MR) is 176 cm³/mol. The fourth-order valence-corrected chi connectivity index (χ4v) is 7.75. The number of hydrogen-bond donors (Lipinski definition) is 3. The van der Waals surface area contributed by atoms with Gasteiger partial charge in [-0.05, 0) is 43.5 Å². The summed E-state index contributed by atoms with van der Waals surface area (Å²) in [4.78, 5) is 45.1. The van der Waals surface area contributed by atoms with Crippen LogP contribution >= 0.6 is 0 Å². The second-order valence-electron chi connectivity index (χ2n) is 12.2. The zero-order valence-corrected chi connectivity index (χ0v) is 28.2. The minimum atomic E-state index is -4.14. The summed E-state index contributed by atoms with van der Waals surface area (Å²) in [7, 11) is -4.14. The van der Waals surface area contributed by atoms with Crippen LogP contribution in [0.25, 0.3) is 0 Å². The molecule has 2 aliphatic heterocycles. The first-order chi connectivity index (χ1) is 23.4. The van der Waals surface area contributed by atoms with Crippen molar-refractivity contribution in [3.63, 3.8) is 0 Å². The topological polar surface area (TPSA) is 172 Å². The molecule has 2 atom stereocenters. The normalized spacial score (nSPS) is 19.4. The van der Waals surface area contributed by atoms with Gasteiger partial charge in [0.15, 0.2) is 5.69 Å². The molecule has 0 radical (unpaired) electrons. The Bertz CT molecular complexity index is 1810. The first-order valence-corrected chi connectivity index (χ1v) is 17.6. The van der Waals surface area contributed by atoms with E-state index < -0.39 is 44.8 Å². The molecule has 2 amide bonds. The Morgan fingerprint density at radius 3 is 2.55 bits per heavy atom. The van der Waals surface area contributed by atoms with Crippen molar-refractivity contribution in [2.45, 2.75) is 63.4 Å². The molecule has 1 aromatic heterocycles. The van der Waals surface area contributed by atoms with Crippen LogP contribution in [0.5, 0.6) is 5.75 Å². The van der Waals surface area contributed by atoms with E-state index >= 15 is 0 Å². The van der Waals surface area contributed by atoms with Crippen molar-refractivity contribution >= 4 is 22.0 Å². The SMILES string of the molecule is CC1CN(S(=O)(=O)c2cc(F)ccc2CNC(=O)c2nc3n(c(=O)c2O)CCCOCCN(C(=O)OCc2ccccc2)CC3)CC(C)N1. The molecule has 14 nitrogen and oxygen atoms in total. The second-order valence-corrected chi connectivity index (χ2v) is 14.1. The zero-order chi connectivity index (χ0) is 35.1. The van der Waals surface area contributed by atoms with Crippen molar-refractivity contribution in [2.24, 2.45) is 0 Å². The van der Waals surface area contributed by atoms with Gasteiger partial charge in [0.2, 0.25) is 15.8 Å². The van der Waals surface area contributed by atoms with Gasteiger partial charge in [0.25, 0.3) is 11.5 Å². The van der Waals surface area contributed by atoms with Crippen LogP contribution in [-0.4, -0.2) is 95.8 Å². The van der Waals surface area contributed by atoms with E-state index in [4.69, 9.17) is 9.47 Å². The van der Waals surface area contributed by atoms with Crippen LogP contribution in [0.2, 0.25) is 0 Å². The highest BCUT2D eigenvalue weighted by Crippen LogP contribution is 2.24. The summed E-state index contributed by atoms with van der Waals surface area (Å²) in [6.45, 7) is 4.73. The molecular weight excluding hydrogens is 659 g/mol. The third-order valence-corrected chi connectivity index (χ3v) is 10.2. The number of rotatable bonds is 7. The van der Waals surface area contributed by atoms with E-state index in [1.54, 1.807) is 0 Å². The largest absolute Gasteiger partial charge is 0.501 e. The van der Waals surface area contributed by atoms with Gasteiger partial charge in [-0.2, -0.15) is 4.31 Å². The number of aromatic hydroxyl groups is 1. The molecule has 0 aliphatic carbocycles. The van der Waals surface area contributed by atoms with Crippen molar-refractivity contribution in [3.05, 3.63) is 87.3 Å². The quantitative estimate of drug-likeness (QED) is 0.331. The molecule has 0 bridgehead atoms. The van der Waals surface area contributed by atoms with Crippen LogP contribution in [0.4, 0.5) is 9.18 Å². The second kappa shape index (κ2) is 15.9. The third-order valence-electron chi connectivity index (χ3n) is 8.29. The monoisotopic (exact) mass is 700 g/mol. The molecule has 3 aromatic rings. The Hall–Kier alpha value is -4.38. The molecule has 3 N–H and O–H groups in total. The standard InChI is InChI=1S/C33H41FN6O8S/c1-22-19-39(20-23(2)36-22)49(45,46)27-17-26(34)10-9-25(27)18-35-31(42)29-30(41)32(43)40-12-6-15-47-16-14-38(13-11-28(40)37-29)33(44)48-21-24-7-4-3-5-8-24/h3-5,7-10,17,22-23,36,41H,6,11-16,18-21H2,1-2H3,(H,35,42). The van der Waals surface area contributed by atoms with E-state index in [1.807, 2.05) is 44.2 Å². The molecule has 2 unspecified atom stereocenters. The Morgan fingerprint density at radius 2 is 1.82 bits per heavy atom. The minimum Gasteiger partial charge on any atom is -0.501 e. The van der Waals surface area contributed by atoms with E-state index in [2.05, 4.69) is 15.6 Å². The number of hydrogen-bond acceptors (Lipinski definition) is 10. The third kappa shape index (κ3) is 8.81. The average molecular weight is 701 g/mol. The lowest BCUT2D eigenvalue weighted by Crippen LogP contribution is -2.55. The van der Waals surface area contributed by atoms with E-state index in [-0.39, 0.29) is 93.9 Å². The first kappa shape index (κ1) is 35.9. The van der Waals surface area contributed by atoms with Gasteiger partial charge in [-0.25, -0.2) is 22.6 Å². The molecule has 2 aliphatic rings. The maximum atomic E-state index is 14.4. The summed E-state index contributed by atoms with van der Waals surface area (Å²) >= 11 is 0. The van der Waals surface area contributed by atoms with Crippen LogP contribution in [0, 0.1) is 5.82 Å². The van der Waals surface area contributed by atoms with Crippen molar-refractivity contribution in [1.29, 1.82) is 0 Å². The number of piperazine rings is 1. The molecule has 1 saturated heterocycles. The lowest BCUT2D eigenvalue weighted by atomic mass is 10.2. The highest BCUT2D eigenvalue weighted by molar-refractivity contribution is 7.89. The Balaban J connectivity index is 1.35. The van der Waals surface area contributed by atoms with Gasteiger partial charge in [-0.15, -0.1) is 0 Å². The Morgan fingerprint density at radius 1 is 1.08 bits per heavy atom. The van der Waals surface area contributed by atoms with Crippen molar-refractivity contribution in [2.75, 3.05) is 39.4 Å². The number of sulfonamides is 1. The number of amides is 2. The average Bonchev–Trinajstić information content (AvgIpc) is 3.12. The van der Waals surface area contributed by atoms with Crippen LogP contribution in [0.3, 0.4) is 0 Å². The van der Waals surface area contributed by atoms with Gasteiger partial charge in [0.05, 0.1) is 11.5 Å². The smallest absolute Gasteiger partial charge is 0.410 e. The van der Waals surface area contributed by atoms with Crippen molar-refractivity contribution in [1.82, 2.24) is 29.4 Å². The number of benzene rings is 2. The molecule has 5 rings (SSSR count). The van der Waals surface area contributed by atoms with Crippen molar-refractivity contribution < 1.29 is 37.0 Å². The maximum Gasteiger partial charge on any atom is 0.410 e. The molecule has 0 spiro atoms. The molecular formula is C33H41FN6O8S. The fraction of sp³-hybridized carbons (Fsp3) is 0.455. The number of fused-ring (bicyclic) bond motifs is 1. The first-order valence-electron chi connectivity index (χ1n) is 16.1. The minimum absolute atomic E-state index is 0.0537. The van der Waals surface area contributed by atoms with E-state index in [0.29, 0.717) is 6.42 Å². The summed E-state index contributed by atoms with van der Waals surface area (Å²) in [6, 6.07) is 12.2. The number of ether oxygens (including phenoxy) is 2. The van der Waals surface area contributed by atoms with Gasteiger partial charge < -0.3 is 30.1 Å². The van der Waals surface area contributed by atoms with Crippen molar-refractivity contribution in [3.8, 4) is 5.75 Å². The summed E-state index contributed by atoms with van der Waals surface area (Å²) in [5.41, 5.74) is -0.478. The van der Waals surface area contributed by atoms with Gasteiger partial charge in [-0.1, -0.05) is 36.4 Å². The fourth-order valence-electron chi connectivity index (χ4n) is 5.90. The van der Waals surface area contributed by atoms with Crippen LogP contribution in [0.1, 0.15) is 47.7 Å². The van der Waals surface area contributed by atoms with Crippen LogP contribution < -0.4 is 16.2 Å². The number of carbonyl (C=O) groups excluding carboxylic acids is 2. The van der Waals surface area contributed by atoms with Crippen LogP contribution in [0.15, 0.2) is 58.2 Å². The summed E-state index contributed by atoms with van der Waals surface area (Å²) in [5.74, 6) is -2.42. The molecule has 264 valence electrons. The summed E-state index contributed by atoms with van der Waals surface area (Å²) in [6.07, 6.45) is -0.130. The summed E-state index contributed by atoms with van der Waals surface area (Å²) in [5, 5.41) is 16.6. The lowest BCUT2D eigenvalue weighted by Gasteiger charge is -2.35. The zero-order valence-electron chi connectivity index (χ0n) is 27.4. The highest BCUT2D eigenvalue weighted by Gasteiger charge is 2.33. The van der Waals surface area contributed by atoms with E-state index in [0.717, 1.165) is 17.7 Å². The Kier molecular flexibility index (Phi) is 11.6.